The summed E-state index contributed by atoms with van der Waals surface area (Å²) in [5.41, 5.74) is 21.1. The van der Waals surface area contributed by atoms with E-state index in [2.05, 4.69) is 336 Å². The molecule has 19 aromatic rings. The maximum Gasteiger partial charge on any atom is 0.172 e. The van der Waals surface area contributed by atoms with Crippen LogP contribution in [0.15, 0.2) is 394 Å². The van der Waals surface area contributed by atoms with E-state index in [1.165, 1.54) is 11.1 Å². The zero-order valence-electron chi connectivity index (χ0n) is 57.1. The van der Waals surface area contributed by atoms with E-state index in [4.69, 9.17) is 0 Å². The summed E-state index contributed by atoms with van der Waals surface area (Å²) < 4.78 is 36.3. The second kappa shape index (κ2) is 25.0. The van der Waals surface area contributed by atoms with E-state index in [9.17, 15) is 0 Å². The molecule has 494 valence electrons. The van der Waals surface area contributed by atoms with Gasteiger partial charge in [0.15, 0.2) is 14.3 Å². The smallest absolute Gasteiger partial charge is 0.172 e. The van der Waals surface area contributed by atoms with E-state index < -0.39 is 14.3 Å². The highest BCUT2D eigenvalue weighted by atomic mass is 31.2. The molecule has 0 bridgehead atoms. The Bertz CT molecular complexity index is 6700. The summed E-state index contributed by atoms with van der Waals surface area (Å²) in [6.45, 7) is 0. The van der Waals surface area contributed by atoms with Gasteiger partial charge in [-0.2, -0.15) is 0 Å². The largest absolute Gasteiger partial charge is 0.311 e. The van der Waals surface area contributed by atoms with Crippen LogP contribution < -0.4 is 36.7 Å². The summed E-state index contributed by atoms with van der Waals surface area (Å²) in [5, 5.41) is 14.4. The van der Waals surface area contributed by atoms with Gasteiger partial charge in [-0.15, -0.1) is 0 Å². The maximum absolute atomic E-state index is 15.9. The maximum atomic E-state index is 15.9. The van der Waals surface area contributed by atoms with Crippen LogP contribution in [0.5, 0.6) is 0 Å². The third-order valence-corrected chi connectivity index (χ3v) is 27.7. The molecule has 2 aromatic heterocycles. The first kappa shape index (κ1) is 61.9. The van der Waals surface area contributed by atoms with Crippen molar-refractivity contribution < 1.29 is 9.13 Å². The molecule has 0 aliphatic carbocycles. The number of nitrogens with zero attached hydrogens (tertiary/aromatic N) is 3. The first-order chi connectivity index (χ1) is 51.8. The monoisotopic (exact) mass is 1380 g/mol. The van der Waals surface area contributed by atoms with Gasteiger partial charge in [0, 0.05) is 81.8 Å². The van der Waals surface area contributed by atoms with Crippen molar-refractivity contribution in [2.24, 2.45) is 0 Å². The van der Waals surface area contributed by atoms with Gasteiger partial charge < -0.3 is 23.2 Å². The fourth-order valence-corrected chi connectivity index (χ4v) is 22.7. The van der Waals surface area contributed by atoms with Crippen molar-refractivity contribution in [3.8, 4) is 67.0 Å². The van der Waals surface area contributed by atoms with Gasteiger partial charge in [-0.1, -0.05) is 267 Å². The molecule has 0 spiro atoms. The molecule has 5 nitrogen and oxygen atoms in total. The molecule has 2 unspecified atom stereocenters. The van der Waals surface area contributed by atoms with E-state index in [0.717, 1.165) is 170 Å². The molecule has 7 heteroatoms. The van der Waals surface area contributed by atoms with Gasteiger partial charge in [0.2, 0.25) is 0 Å². The standard InChI is InChI=1S/C52H34NOP.C46H31N2OP/c54-55(44-20-8-3-9-21-44)51-32-40-19-11-10-18-39(40)31-47(51)48-33-50-46(34-52(48)55)45-22-12-13-23-49(45)53(50)43-29-41(36-16-6-2-7-17-36)28-42(30-43)38-26-24-37(25-27-38)35-14-4-1-5-15-35;49-50(38-20-8-3-9-21-38)45-29-33-15-11-10-14-32(33)28-41(45)42-30-44-40(31-46(42)50)39-22-12-13-23-43(39)48(44)37-26-24-36(25-27-37)47(34-16-4-1-5-17-34)35-18-6-2-7-19-35/h1-34H;1-31H. The predicted octanol–water partition coefficient (Wildman–Crippen LogP) is 23.6. The molecule has 2 atom stereocenters. The normalized spacial score (nSPS) is 14.8. The van der Waals surface area contributed by atoms with Crippen molar-refractivity contribution in [2.75, 3.05) is 4.90 Å². The van der Waals surface area contributed by atoms with Crippen molar-refractivity contribution >= 4 is 128 Å². The van der Waals surface area contributed by atoms with Crippen LogP contribution >= 0.6 is 14.3 Å². The van der Waals surface area contributed by atoms with Gasteiger partial charge in [-0.05, 0) is 205 Å². The number of rotatable bonds is 10. The molecule has 0 radical (unpaired) electrons. The predicted molar refractivity (Wildman–Crippen MR) is 444 cm³/mol. The molecule has 4 heterocycles. The molecule has 2 aliphatic rings. The highest BCUT2D eigenvalue weighted by Crippen LogP contribution is 2.57. The topological polar surface area (TPSA) is 47.2 Å². The third-order valence-electron chi connectivity index (χ3n) is 21.5. The molecule has 0 fully saturated rings. The molecule has 17 aromatic carbocycles. The summed E-state index contributed by atoms with van der Waals surface area (Å²) in [6, 6.07) is 139. The Labute approximate surface area is 608 Å². The average molecular weight is 1380 g/mol. The first-order valence-electron chi connectivity index (χ1n) is 35.7. The van der Waals surface area contributed by atoms with Crippen LogP contribution in [0.3, 0.4) is 0 Å². The lowest BCUT2D eigenvalue weighted by atomic mass is 9.96. The van der Waals surface area contributed by atoms with E-state index in [-0.39, 0.29) is 0 Å². The molecule has 2 aliphatic heterocycles. The van der Waals surface area contributed by atoms with Crippen molar-refractivity contribution in [3.05, 3.63) is 394 Å². The quantitative estimate of drug-likeness (QED) is 0.128. The SMILES string of the molecule is O=P1(c2ccccc2)c2cc3ccccc3cc2-c2cc3c(cc21)c1ccccc1n3-c1cc(-c2ccccc2)cc(-c2ccc(-c3ccccc3)cc2)c1.O=P1(c2ccccc2)c2cc3ccccc3cc2-c2cc3c(cc21)c1ccccc1n3-c1ccc(N(c2ccccc2)c2ccccc2)cc1. The van der Waals surface area contributed by atoms with Gasteiger partial charge >= 0.3 is 0 Å². The Morgan fingerprint density at radius 1 is 0.210 bits per heavy atom. The van der Waals surface area contributed by atoms with Crippen LogP contribution in [-0.2, 0) is 9.13 Å². The summed E-state index contributed by atoms with van der Waals surface area (Å²) in [7, 11) is -6.33. The summed E-state index contributed by atoms with van der Waals surface area (Å²) in [4.78, 5) is 2.28. The van der Waals surface area contributed by atoms with Crippen LogP contribution in [-0.4, -0.2) is 9.13 Å². The van der Waals surface area contributed by atoms with Crippen LogP contribution in [0.2, 0.25) is 0 Å². The highest BCUT2D eigenvalue weighted by molar-refractivity contribution is 7.87. The molecule has 0 N–H and O–H groups in total. The first-order valence-corrected chi connectivity index (χ1v) is 39.1. The number of benzene rings is 17. The van der Waals surface area contributed by atoms with Crippen molar-refractivity contribution in [1.82, 2.24) is 9.13 Å². The minimum atomic E-state index is -3.18. The van der Waals surface area contributed by atoms with Crippen LogP contribution in [0, 0.1) is 0 Å². The minimum Gasteiger partial charge on any atom is -0.311 e. The van der Waals surface area contributed by atoms with Crippen LogP contribution in [0.4, 0.5) is 17.1 Å². The van der Waals surface area contributed by atoms with Crippen molar-refractivity contribution in [3.63, 3.8) is 0 Å². The Morgan fingerprint density at radius 2 is 0.524 bits per heavy atom. The Kier molecular flexibility index (Phi) is 14.7. The minimum absolute atomic E-state index is 0.867. The van der Waals surface area contributed by atoms with E-state index in [1.54, 1.807) is 0 Å². The molecule has 0 saturated heterocycles. The number of para-hydroxylation sites is 4. The summed E-state index contributed by atoms with van der Waals surface area (Å²) >= 11 is 0. The fourth-order valence-electron chi connectivity index (χ4n) is 16.6. The van der Waals surface area contributed by atoms with Gasteiger partial charge in [0.1, 0.15) is 0 Å². The van der Waals surface area contributed by atoms with Gasteiger partial charge in [0.05, 0.1) is 22.1 Å². The highest BCUT2D eigenvalue weighted by Gasteiger charge is 2.43. The molecule has 0 amide bonds. The number of hydrogen-bond acceptors (Lipinski definition) is 3. The second-order valence-electron chi connectivity index (χ2n) is 27.4. The second-order valence-corrected chi connectivity index (χ2v) is 32.8. The van der Waals surface area contributed by atoms with Crippen LogP contribution in [0.25, 0.3) is 132 Å². The number of hydrogen-bond donors (Lipinski definition) is 0. The molecule has 21 rings (SSSR count). The van der Waals surface area contributed by atoms with E-state index in [0.29, 0.717) is 0 Å². The van der Waals surface area contributed by atoms with Crippen molar-refractivity contribution in [1.29, 1.82) is 0 Å². The lowest BCUT2D eigenvalue weighted by molar-refractivity contribution is 0.592. The van der Waals surface area contributed by atoms with E-state index in [1.807, 2.05) is 72.8 Å². The Balaban J connectivity index is 0.000000140. The van der Waals surface area contributed by atoms with E-state index >= 15 is 9.13 Å². The average Bonchev–Trinajstić information content (AvgIpc) is 1.54. The summed E-state index contributed by atoms with van der Waals surface area (Å²) in [6.07, 6.45) is 0. The molecular formula is C98H65N3O2P2. The zero-order chi connectivity index (χ0) is 69.7. The van der Waals surface area contributed by atoms with Crippen molar-refractivity contribution in [2.45, 2.75) is 0 Å². The lowest BCUT2D eigenvalue weighted by Crippen LogP contribution is -2.20. The lowest BCUT2D eigenvalue weighted by Gasteiger charge is -2.25. The number of aromatic nitrogens is 2. The van der Waals surface area contributed by atoms with Crippen LogP contribution in [0.1, 0.15) is 0 Å². The van der Waals surface area contributed by atoms with Gasteiger partial charge in [0.25, 0.3) is 0 Å². The Morgan fingerprint density at radius 3 is 0.962 bits per heavy atom. The fraction of sp³-hybridized carbons (Fsp3) is 0. The van der Waals surface area contributed by atoms with Gasteiger partial charge in [-0.3, -0.25) is 0 Å². The van der Waals surface area contributed by atoms with Gasteiger partial charge in [-0.25, -0.2) is 0 Å². The molecular weight excluding hydrogens is 1310 g/mol. The molecule has 105 heavy (non-hydrogen) atoms. The Hall–Kier alpha value is -12.9. The third kappa shape index (κ3) is 10.1. The zero-order valence-corrected chi connectivity index (χ0v) is 58.9. The number of anilines is 3. The molecule has 0 saturated carbocycles. The summed E-state index contributed by atoms with van der Waals surface area (Å²) in [5.74, 6) is 0. The number of fused-ring (bicyclic) bond motifs is 14.